The predicted molar refractivity (Wildman–Crippen MR) is 94.2 cm³/mol. The van der Waals surface area contributed by atoms with Gasteiger partial charge in [0, 0.05) is 38.9 Å². The standard InChI is InChI=1S/C18H28N4O2/c1-18(2,3)24-17(23)22-11-8-19-13-15(22)14-6-7-16(20-12-14)21-9-4-5-10-21/h6-7,12,15,19H,4-5,8-11,13H2,1-3H3. The normalized spacial score (nSPS) is 21.9. The highest BCUT2D eigenvalue weighted by Gasteiger charge is 2.31. The third-order valence-corrected chi connectivity index (χ3v) is 4.46. The number of amides is 1. The smallest absolute Gasteiger partial charge is 0.410 e. The van der Waals surface area contributed by atoms with Crippen LogP contribution in [-0.2, 0) is 4.74 Å². The quantitative estimate of drug-likeness (QED) is 0.902. The van der Waals surface area contributed by atoms with Crippen molar-refractivity contribution in [2.75, 3.05) is 37.6 Å². The minimum atomic E-state index is -0.482. The number of nitrogens with one attached hydrogen (secondary N) is 1. The Morgan fingerprint density at radius 1 is 1.25 bits per heavy atom. The molecule has 24 heavy (non-hydrogen) atoms. The minimum Gasteiger partial charge on any atom is -0.444 e. The van der Waals surface area contributed by atoms with Crippen molar-refractivity contribution in [2.24, 2.45) is 0 Å². The third-order valence-electron chi connectivity index (χ3n) is 4.46. The van der Waals surface area contributed by atoms with Crippen LogP contribution in [0.3, 0.4) is 0 Å². The van der Waals surface area contributed by atoms with E-state index in [1.165, 1.54) is 12.8 Å². The first-order chi connectivity index (χ1) is 11.4. The number of hydrogen-bond donors (Lipinski definition) is 1. The summed E-state index contributed by atoms with van der Waals surface area (Å²) in [4.78, 5) is 21.3. The van der Waals surface area contributed by atoms with Gasteiger partial charge in [-0.15, -0.1) is 0 Å². The Hall–Kier alpha value is -1.82. The molecule has 0 radical (unpaired) electrons. The highest BCUT2D eigenvalue weighted by atomic mass is 16.6. The van der Waals surface area contributed by atoms with Crippen molar-refractivity contribution in [2.45, 2.75) is 45.3 Å². The zero-order valence-electron chi connectivity index (χ0n) is 14.9. The van der Waals surface area contributed by atoms with Crippen molar-refractivity contribution in [1.29, 1.82) is 0 Å². The zero-order valence-corrected chi connectivity index (χ0v) is 14.9. The van der Waals surface area contributed by atoms with Gasteiger partial charge in [-0.3, -0.25) is 4.90 Å². The van der Waals surface area contributed by atoms with Crippen molar-refractivity contribution in [1.82, 2.24) is 15.2 Å². The molecule has 0 bridgehead atoms. The van der Waals surface area contributed by atoms with Gasteiger partial charge in [-0.05, 0) is 45.2 Å². The molecule has 3 rings (SSSR count). The van der Waals surface area contributed by atoms with E-state index in [2.05, 4.69) is 27.3 Å². The van der Waals surface area contributed by atoms with E-state index in [-0.39, 0.29) is 12.1 Å². The number of piperazine rings is 1. The van der Waals surface area contributed by atoms with Crippen molar-refractivity contribution in [3.8, 4) is 0 Å². The molecule has 2 fully saturated rings. The molecule has 6 nitrogen and oxygen atoms in total. The molecule has 1 atom stereocenters. The number of ether oxygens (including phenoxy) is 1. The van der Waals surface area contributed by atoms with Crippen LogP contribution < -0.4 is 10.2 Å². The van der Waals surface area contributed by atoms with Gasteiger partial charge in [0.2, 0.25) is 0 Å². The second-order valence-corrected chi connectivity index (χ2v) is 7.54. The Bertz CT molecular complexity index is 561. The lowest BCUT2D eigenvalue weighted by atomic mass is 10.1. The largest absolute Gasteiger partial charge is 0.444 e. The van der Waals surface area contributed by atoms with E-state index in [9.17, 15) is 4.79 Å². The predicted octanol–water partition coefficient (Wildman–Crippen LogP) is 2.56. The summed E-state index contributed by atoms with van der Waals surface area (Å²) in [6.45, 7) is 10.0. The van der Waals surface area contributed by atoms with E-state index in [1.54, 1.807) is 0 Å². The summed E-state index contributed by atoms with van der Waals surface area (Å²) in [6.07, 6.45) is 4.13. The maximum absolute atomic E-state index is 12.5. The summed E-state index contributed by atoms with van der Waals surface area (Å²) in [5, 5.41) is 3.36. The van der Waals surface area contributed by atoms with E-state index < -0.39 is 5.60 Å². The summed E-state index contributed by atoms with van der Waals surface area (Å²) >= 11 is 0. The van der Waals surface area contributed by atoms with Gasteiger partial charge in [-0.25, -0.2) is 9.78 Å². The van der Waals surface area contributed by atoms with Gasteiger partial charge in [-0.2, -0.15) is 0 Å². The van der Waals surface area contributed by atoms with Crippen LogP contribution in [0.15, 0.2) is 18.3 Å². The average molecular weight is 332 g/mol. The maximum atomic E-state index is 12.5. The molecule has 0 spiro atoms. The first-order valence-electron chi connectivity index (χ1n) is 8.85. The Balaban J connectivity index is 1.73. The molecule has 3 heterocycles. The van der Waals surface area contributed by atoms with E-state index in [1.807, 2.05) is 31.9 Å². The number of carbonyl (C=O) groups is 1. The van der Waals surface area contributed by atoms with E-state index >= 15 is 0 Å². The fourth-order valence-electron chi connectivity index (χ4n) is 3.27. The molecule has 0 aromatic carbocycles. The van der Waals surface area contributed by atoms with Gasteiger partial charge in [-0.1, -0.05) is 6.07 Å². The van der Waals surface area contributed by atoms with Crippen LogP contribution in [0.2, 0.25) is 0 Å². The molecule has 132 valence electrons. The number of carbonyl (C=O) groups excluding carboxylic acids is 1. The van der Waals surface area contributed by atoms with Crippen LogP contribution >= 0.6 is 0 Å². The van der Waals surface area contributed by atoms with Crippen LogP contribution in [0.5, 0.6) is 0 Å². The first kappa shape index (κ1) is 17.0. The van der Waals surface area contributed by atoms with Crippen LogP contribution in [0.25, 0.3) is 0 Å². The molecule has 0 aliphatic carbocycles. The Morgan fingerprint density at radius 3 is 2.62 bits per heavy atom. The van der Waals surface area contributed by atoms with Crippen LogP contribution in [0, 0.1) is 0 Å². The molecule has 2 aliphatic heterocycles. The molecule has 1 aromatic heterocycles. The lowest BCUT2D eigenvalue weighted by Gasteiger charge is -2.37. The summed E-state index contributed by atoms with van der Waals surface area (Å²) in [5.41, 5.74) is 0.570. The van der Waals surface area contributed by atoms with Crippen molar-refractivity contribution >= 4 is 11.9 Å². The molecular formula is C18H28N4O2. The van der Waals surface area contributed by atoms with E-state index in [0.29, 0.717) is 6.54 Å². The molecular weight excluding hydrogens is 304 g/mol. The second-order valence-electron chi connectivity index (χ2n) is 7.54. The third kappa shape index (κ3) is 3.98. The van der Waals surface area contributed by atoms with Crippen molar-refractivity contribution < 1.29 is 9.53 Å². The van der Waals surface area contributed by atoms with Gasteiger partial charge in [0.15, 0.2) is 0 Å². The molecule has 0 saturated carbocycles. The van der Waals surface area contributed by atoms with Gasteiger partial charge < -0.3 is 15.0 Å². The fourth-order valence-corrected chi connectivity index (χ4v) is 3.27. The summed E-state index contributed by atoms with van der Waals surface area (Å²) in [6, 6.07) is 4.13. The topological polar surface area (TPSA) is 57.7 Å². The first-order valence-corrected chi connectivity index (χ1v) is 8.85. The Kier molecular flexibility index (Phi) is 4.94. The molecule has 1 unspecified atom stereocenters. The van der Waals surface area contributed by atoms with E-state index in [0.717, 1.165) is 37.6 Å². The number of pyridine rings is 1. The highest BCUT2D eigenvalue weighted by molar-refractivity contribution is 5.69. The Morgan fingerprint density at radius 2 is 2.00 bits per heavy atom. The fraction of sp³-hybridized carbons (Fsp3) is 0.667. The molecule has 2 saturated heterocycles. The molecule has 1 aromatic rings. The van der Waals surface area contributed by atoms with Gasteiger partial charge in [0.05, 0.1) is 6.04 Å². The number of rotatable bonds is 2. The summed E-state index contributed by atoms with van der Waals surface area (Å²) < 4.78 is 5.56. The number of aromatic nitrogens is 1. The highest BCUT2D eigenvalue weighted by Crippen LogP contribution is 2.26. The minimum absolute atomic E-state index is 0.0336. The molecule has 6 heteroatoms. The van der Waals surface area contributed by atoms with Crippen molar-refractivity contribution in [3.63, 3.8) is 0 Å². The maximum Gasteiger partial charge on any atom is 0.410 e. The van der Waals surface area contributed by atoms with Gasteiger partial charge >= 0.3 is 6.09 Å². The Labute approximate surface area is 144 Å². The summed E-state index contributed by atoms with van der Waals surface area (Å²) in [7, 11) is 0. The molecule has 1 N–H and O–H groups in total. The number of hydrogen-bond acceptors (Lipinski definition) is 5. The number of nitrogens with zero attached hydrogens (tertiary/aromatic N) is 3. The van der Waals surface area contributed by atoms with Crippen molar-refractivity contribution in [3.05, 3.63) is 23.9 Å². The second kappa shape index (κ2) is 6.97. The monoisotopic (exact) mass is 332 g/mol. The number of anilines is 1. The van der Waals surface area contributed by atoms with Gasteiger partial charge in [0.25, 0.3) is 0 Å². The lowest BCUT2D eigenvalue weighted by molar-refractivity contribution is 0.0117. The van der Waals surface area contributed by atoms with Gasteiger partial charge in [0.1, 0.15) is 11.4 Å². The van der Waals surface area contributed by atoms with Crippen LogP contribution in [0.1, 0.15) is 45.2 Å². The molecule has 2 aliphatic rings. The zero-order chi connectivity index (χ0) is 17.2. The lowest BCUT2D eigenvalue weighted by Crippen LogP contribution is -2.50. The average Bonchev–Trinajstić information content (AvgIpc) is 3.08. The van der Waals surface area contributed by atoms with Crippen LogP contribution in [-0.4, -0.2) is 54.3 Å². The SMILES string of the molecule is CC(C)(C)OC(=O)N1CCNCC1c1ccc(N2CCCC2)nc1. The van der Waals surface area contributed by atoms with Crippen LogP contribution in [0.4, 0.5) is 10.6 Å². The summed E-state index contributed by atoms with van der Waals surface area (Å²) in [5.74, 6) is 1.03. The molecule has 1 amide bonds. The van der Waals surface area contributed by atoms with E-state index in [4.69, 9.17) is 4.74 Å².